The van der Waals surface area contributed by atoms with Crippen molar-refractivity contribution in [3.05, 3.63) is 68.3 Å². The molecule has 4 rings (SSSR count). The number of allylic oxidation sites excluding steroid dienone is 1. The molecule has 1 atom stereocenters. The molecule has 32 heavy (non-hydrogen) atoms. The van der Waals surface area contributed by atoms with Crippen LogP contribution in [0.1, 0.15) is 29.3 Å². The van der Waals surface area contributed by atoms with Crippen molar-refractivity contribution in [2.45, 2.75) is 44.3 Å². The zero-order valence-electron chi connectivity index (χ0n) is 18.0. The fraction of sp³-hybridized carbons (Fsp3) is 0.375. The standard InChI is InChI=1S/C24H26ClN3O2S2/c1-3-12-28-23(30)21-18-9-4-15(2)13-19(18)32-22(21)27-24(28)31-14-20(29)26-11-10-16-5-7-17(25)8-6-16/h3,5-8,15H,1,4,9-14H2,2H3,(H,26,29). The van der Waals surface area contributed by atoms with Gasteiger partial charge in [0, 0.05) is 23.0 Å². The quantitative estimate of drug-likeness (QED) is 0.279. The van der Waals surface area contributed by atoms with E-state index in [4.69, 9.17) is 16.6 Å². The number of thioether (sulfide) groups is 1. The van der Waals surface area contributed by atoms with Crippen LogP contribution in [0.3, 0.4) is 0 Å². The molecule has 2 aromatic heterocycles. The van der Waals surface area contributed by atoms with Crippen LogP contribution in [0, 0.1) is 5.92 Å². The molecule has 1 aliphatic rings. The summed E-state index contributed by atoms with van der Waals surface area (Å²) >= 11 is 8.84. The molecule has 0 spiro atoms. The van der Waals surface area contributed by atoms with Crippen LogP contribution in [0.25, 0.3) is 10.2 Å². The van der Waals surface area contributed by atoms with Crippen LogP contribution in [0.15, 0.2) is 46.9 Å². The maximum Gasteiger partial charge on any atom is 0.263 e. The van der Waals surface area contributed by atoms with Gasteiger partial charge >= 0.3 is 0 Å². The van der Waals surface area contributed by atoms with E-state index in [1.165, 1.54) is 22.2 Å². The van der Waals surface area contributed by atoms with E-state index in [1.807, 2.05) is 24.3 Å². The molecular weight excluding hydrogens is 462 g/mol. The Bertz CT molecular complexity index is 1200. The Labute approximate surface area is 200 Å². The molecule has 0 saturated carbocycles. The van der Waals surface area contributed by atoms with Gasteiger partial charge in [-0.05, 0) is 54.9 Å². The Morgan fingerprint density at radius 2 is 2.19 bits per heavy atom. The van der Waals surface area contributed by atoms with Gasteiger partial charge in [-0.25, -0.2) is 4.98 Å². The summed E-state index contributed by atoms with van der Waals surface area (Å²) in [7, 11) is 0. The number of aryl methyl sites for hydroxylation is 1. The van der Waals surface area contributed by atoms with Crippen molar-refractivity contribution in [1.82, 2.24) is 14.9 Å². The SMILES string of the molecule is C=CCn1c(SCC(=O)NCCc2ccc(Cl)cc2)nc2sc3c(c2c1=O)CCC(C)C3. The number of benzene rings is 1. The largest absolute Gasteiger partial charge is 0.355 e. The molecule has 0 bridgehead atoms. The minimum atomic E-state index is -0.0808. The van der Waals surface area contributed by atoms with E-state index in [0.717, 1.165) is 41.5 Å². The van der Waals surface area contributed by atoms with Crippen molar-refractivity contribution >= 4 is 50.8 Å². The summed E-state index contributed by atoms with van der Waals surface area (Å²) in [5.74, 6) is 0.761. The summed E-state index contributed by atoms with van der Waals surface area (Å²) in [4.78, 5) is 32.6. The number of thiophene rings is 1. The smallest absolute Gasteiger partial charge is 0.263 e. The van der Waals surface area contributed by atoms with Crippen molar-refractivity contribution in [2.75, 3.05) is 12.3 Å². The van der Waals surface area contributed by atoms with Gasteiger partial charge in [0.05, 0.1) is 11.1 Å². The highest BCUT2D eigenvalue weighted by Gasteiger charge is 2.24. The second-order valence-electron chi connectivity index (χ2n) is 8.15. The number of carbonyl (C=O) groups is 1. The molecule has 1 unspecified atom stereocenters. The molecule has 3 aromatic rings. The first kappa shape index (κ1) is 23.1. The third-order valence-corrected chi connectivity index (χ3v) is 8.05. The molecule has 0 fully saturated rings. The first-order valence-corrected chi connectivity index (χ1v) is 12.9. The normalized spacial score (nSPS) is 15.5. The number of hydrogen-bond donors (Lipinski definition) is 1. The number of hydrogen-bond acceptors (Lipinski definition) is 5. The summed E-state index contributed by atoms with van der Waals surface area (Å²) in [5, 5.41) is 4.97. The van der Waals surface area contributed by atoms with Gasteiger partial charge in [0.25, 0.3) is 5.56 Å². The van der Waals surface area contributed by atoms with Crippen LogP contribution in [-0.2, 0) is 30.6 Å². The molecule has 1 N–H and O–H groups in total. The number of carbonyl (C=O) groups excluding carboxylic acids is 1. The van der Waals surface area contributed by atoms with E-state index in [9.17, 15) is 9.59 Å². The lowest BCUT2D eigenvalue weighted by atomic mass is 9.89. The molecule has 2 heterocycles. The fourth-order valence-electron chi connectivity index (χ4n) is 3.98. The summed E-state index contributed by atoms with van der Waals surface area (Å²) in [5.41, 5.74) is 2.27. The average molecular weight is 488 g/mol. The highest BCUT2D eigenvalue weighted by atomic mass is 35.5. The second kappa shape index (κ2) is 10.2. The number of nitrogens with zero attached hydrogens (tertiary/aromatic N) is 2. The van der Waals surface area contributed by atoms with E-state index in [-0.39, 0.29) is 17.2 Å². The van der Waals surface area contributed by atoms with Crippen LogP contribution in [0.4, 0.5) is 0 Å². The van der Waals surface area contributed by atoms with Crippen LogP contribution in [0.5, 0.6) is 0 Å². The first-order chi connectivity index (χ1) is 15.5. The van der Waals surface area contributed by atoms with Gasteiger partial charge in [0.1, 0.15) is 4.83 Å². The molecule has 168 valence electrons. The van der Waals surface area contributed by atoms with E-state index >= 15 is 0 Å². The molecule has 0 aliphatic heterocycles. The predicted molar refractivity (Wildman–Crippen MR) is 134 cm³/mol. The third-order valence-electron chi connectivity index (χ3n) is 5.67. The van der Waals surface area contributed by atoms with Crippen molar-refractivity contribution in [2.24, 2.45) is 5.92 Å². The van der Waals surface area contributed by atoms with Gasteiger partial charge < -0.3 is 5.32 Å². The number of aromatic nitrogens is 2. The monoisotopic (exact) mass is 487 g/mol. The maximum absolute atomic E-state index is 13.3. The molecule has 0 radical (unpaired) electrons. The maximum atomic E-state index is 13.3. The topological polar surface area (TPSA) is 64.0 Å². The van der Waals surface area contributed by atoms with Gasteiger partial charge in [-0.3, -0.25) is 14.2 Å². The zero-order valence-corrected chi connectivity index (χ0v) is 20.4. The van der Waals surface area contributed by atoms with Crippen molar-refractivity contribution in [3.8, 4) is 0 Å². The summed E-state index contributed by atoms with van der Waals surface area (Å²) in [6.45, 7) is 6.97. The van der Waals surface area contributed by atoms with Crippen molar-refractivity contribution < 1.29 is 4.79 Å². The van der Waals surface area contributed by atoms with Gasteiger partial charge in [-0.1, -0.05) is 48.5 Å². The minimum Gasteiger partial charge on any atom is -0.355 e. The Balaban J connectivity index is 1.46. The molecule has 1 aromatic carbocycles. The summed E-state index contributed by atoms with van der Waals surface area (Å²) < 4.78 is 1.64. The van der Waals surface area contributed by atoms with Crippen LogP contribution >= 0.6 is 34.7 Å². The highest BCUT2D eigenvalue weighted by molar-refractivity contribution is 7.99. The first-order valence-electron chi connectivity index (χ1n) is 10.8. The average Bonchev–Trinajstić information content (AvgIpc) is 3.13. The number of nitrogens with one attached hydrogen (secondary N) is 1. The lowest BCUT2D eigenvalue weighted by Crippen LogP contribution is -2.28. The number of fused-ring (bicyclic) bond motifs is 3. The number of rotatable bonds is 8. The van der Waals surface area contributed by atoms with Gasteiger partial charge in [0.2, 0.25) is 5.91 Å². The van der Waals surface area contributed by atoms with E-state index in [2.05, 4.69) is 18.8 Å². The predicted octanol–water partition coefficient (Wildman–Crippen LogP) is 4.87. The molecule has 1 aliphatic carbocycles. The van der Waals surface area contributed by atoms with Gasteiger partial charge in [0.15, 0.2) is 5.16 Å². The van der Waals surface area contributed by atoms with Crippen LogP contribution in [-0.4, -0.2) is 27.8 Å². The Kier molecular flexibility index (Phi) is 7.38. The summed E-state index contributed by atoms with van der Waals surface area (Å²) in [6.07, 6.45) is 5.48. The van der Waals surface area contributed by atoms with Crippen LogP contribution in [0.2, 0.25) is 5.02 Å². The Hall–Kier alpha value is -2.09. The lowest BCUT2D eigenvalue weighted by Gasteiger charge is -2.17. The molecule has 0 saturated heterocycles. The van der Waals surface area contributed by atoms with E-state index in [1.54, 1.807) is 22.0 Å². The Morgan fingerprint density at radius 1 is 1.41 bits per heavy atom. The fourth-order valence-corrected chi connectivity index (χ4v) is 6.37. The van der Waals surface area contributed by atoms with Gasteiger partial charge in [-0.15, -0.1) is 17.9 Å². The molecular formula is C24H26ClN3O2S2. The lowest BCUT2D eigenvalue weighted by molar-refractivity contribution is -0.118. The van der Waals surface area contributed by atoms with Crippen molar-refractivity contribution in [1.29, 1.82) is 0 Å². The van der Waals surface area contributed by atoms with E-state index < -0.39 is 0 Å². The van der Waals surface area contributed by atoms with Gasteiger partial charge in [-0.2, -0.15) is 0 Å². The molecule has 5 nitrogen and oxygen atoms in total. The molecule has 1 amide bonds. The number of halogens is 1. The minimum absolute atomic E-state index is 0.0207. The Morgan fingerprint density at radius 3 is 2.94 bits per heavy atom. The highest BCUT2D eigenvalue weighted by Crippen LogP contribution is 2.36. The van der Waals surface area contributed by atoms with Crippen molar-refractivity contribution in [3.63, 3.8) is 0 Å². The zero-order chi connectivity index (χ0) is 22.7. The van der Waals surface area contributed by atoms with E-state index in [0.29, 0.717) is 29.2 Å². The second-order valence-corrected chi connectivity index (χ2v) is 10.6. The van der Waals surface area contributed by atoms with Crippen LogP contribution < -0.4 is 10.9 Å². The molecule has 8 heteroatoms. The summed E-state index contributed by atoms with van der Waals surface area (Å²) in [6, 6.07) is 7.60. The number of amides is 1. The third kappa shape index (κ3) is 5.11.